The minimum Gasteiger partial charge on any atom is -0.336 e. The molecule has 30 heavy (non-hydrogen) atoms. The van der Waals surface area contributed by atoms with Gasteiger partial charge < -0.3 is 10.2 Å². The van der Waals surface area contributed by atoms with Gasteiger partial charge in [-0.2, -0.15) is 13.2 Å². The van der Waals surface area contributed by atoms with Crippen molar-refractivity contribution < 1.29 is 22.8 Å². The number of aryl methyl sites for hydroxylation is 2. The molecule has 1 N–H and O–H groups in total. The van der Waals surface area contributed by atoms with Crippen molar-refractivity contribution in [2.75, 3.05) is 38.0 Å². The van der Waals surface area contributed by atoms with Crippen LogP contribution in [0.15, 0.2) is 36.5 Å². The molecule has 2 amide bonds. The van der Waals surface area contributed by atoms with Gasteiger partial charge >= 0.3 is 6.18 Å². The molecular formula is C21H23F3N4O2. The van der Waals surface area contributed by atoms with Gasteiger partial charge in [-0.25, -0.2) is 0 Å². The number of aromatic nitrogens is 1. The van der Waals surface area contributed by atoms with Gasteiger partial charge in [-0.1, -0.05) is 18.2 Å². The zero-order valence-corrected chi connectivity index (χ0v) is 16.8. The number of alkyl halides is 3. The fraction of sp³-hybridized carbons (Fsp3) is 0.381. The number of nitrogens with zero attached hydrogens (tertiary/aromatic N) is 3. The zero-order valence-electron chi connectivity index (χ0n) is 16.8. The molecule has 1 aromatic heterocycles. The number of pyridine rings is 1. The van der Waals surface area contributed by atoms with Crippen LogP contribution >= 0.6 is 0 Å². The average Bonchev–Trinajstić information content (AvgIpc) is 2.70. The van der Waals surface area contributed by atoms with Crippen molar-refractivity contribution in [1.29, 1.82) is 0 Å². The standard InChI is InChI=1S/C21H23F3N4O2/c1-14-4-3-5-15(2)19(14)26-18(29)13-27-8-10-28(11-9-27)20(30)16-6-7-17(25-12-16)21(22,23)24/h3-7,12H,8-11,13H2,1-2H3,(H,26,29). The molecule has 1 fully saturated rings. The summed E-state index contributed by atoms with van der Waals surface area (Å²) in [4.78, 5) is 31.8. The van der Waals surface area contributed by atoms with Crippen LogP contribution in [0.25, 0.3) is 0 Å². The largest absolute Gasteiger partial charge is 0.433 e. The second-order valence-corrected chi connectivity index (χ2v) is 7.31. The van der Waals surface area contributed by atoms with Gasteiger partial charge in [0.2, 0.25) is 5.91 Å². The van der Waals surface area contributed by atoms with Crippen LogP contribution in [0.1, 0.15) is 27.2 Å². The number of carbonyl (C=O) groups excluding carboxylic acids is 2. The van der Waals surface area contributed by atoms with Gasteiger partial charge in [0.05, 0.1) is 12.1 Å². The van der Waals surface area contributed by atoms with Crippen LogP contribution in [0.4, 0.5) is 18.9 Å². The van der Waals surface area contributed by atoms with Crippen LogP contribution in [-0.4, -0.2) is 59.3 Å². The summed E-state index contributed by atoms with van der Waals surface area (Å²) in [6.45, 7) is 5.84. The van der Waals surface area contributed by atoms with E-state index in [-0.39, 0.29) is 23.9 Å². The summed E-state index contributed by atoms with van der Waals surface area (Å²) in [5, 5.41) is 2.94. The van der Waals surface area contributed by atoms with E-state index in [9.17, 15) is 22.8 Å². The third kappa shape index (κ3) is 5.15. The Labute approximate surface area is 172 Å². The van der Waals surface area contributed by atoms with Crippen molar-refractivity contribution in [3.05, 3.63) is 58.9 Å². The van der Waals surface area contributed by atoms with Crippen molar-refractivity contribution in [2.45, 2.75) is 20.0 Å². The number of amides is 2. The Hall–Kier alpha value is -2.94. The predicted octanol–water partition coefficient (Wildman–Crippen LogP) is 3.11. The van der Waals surface area contributed by atoms with E-state index < -0.39 is 11.9 Å². The highest BCUT2D eigenvalue weighted by Crippen LogP contribution is 2.27. The molecule has 2 aromatic rings. The van der Waals surface area contributed by atoms with Crippen LogP contribution < -0.4 is 5.32 Å². The monoisotopic (exact) mass is 420 g/mol. The van der Waals surface area contributed by atoms with Crippen LogP contribution in [0, 0.1) is 13.8 Å². The molecule has 0 unspecified atom stereocenters. The van der Waals surface area contributed by atoms with E-state index in [4.69, 9.17) is 0 Å². The Morgan fingerprint density at radius 2 is 1.67 bits per heavy atom. The molecule has 6 nitrogen and oxygen atoms in total. The molecule has 1 aliphatic heterocycles. The molecule has 1 aromatic carbocycles. The van der Waals surface area contributed by atoms with Crippen molar-refractivity contribution >= 4 is 17.5 Å². The summed E-state index contributed by atoms with van der Waals surface area (Å²) in [6, 6.07) is 7.75. The number of hydrogen-bond acceptors (Lipinski definition) is 4. The van der Waals surface area contributed by atoms with Gasteiger partial charge in [-0.15, -0.1) is 0 Å². The van der Waals surface area contributed by atoms with E-state index in [0.29, 0.717) is 26.2 Å². The molecule has 0 aliphatic carbocycles. The lowest BCUT2D eigenvalue weighted by Crippen LogP contribution is -2.50. The molecule has 9 heteroatoms. The lowest BCUT2D eigenvalue weighted by Gasteiger charge is -2.34. The number of piperazine rings is 1. The minimum atomic E-state index is -4.54. The van der Waals surface area contributed by atoms with E-state index in [1.54, 1.807) is 4.90 Å². The number of para-hydroxylation sites is 1. The highest BCUT2D eigenvalue weighted by Gasteiger charge is 2.32. The van der Waals surface area contributed by atoms with Crippen molar-refractivity contribution in [3.63, 3.8) is 0 Å². The van der Waals surface area contributed by atoms with E-state index >= 15 is 0 Å². The number of nitrogens with one attached hydrogen (secondary N) is 1. The third-order valence-corrected chi connectivity index (χ3v) is 5.07. The highest BCUT2D eigenvalue weighted by molar-refractivity contribution is 5.94. The molecule has 2 heterocycles. The topological polar surface area (TPSA) is 65.5 Å². The molecular weight excluding hydrogens is 397 g/mol. The first-order chi connectivity index (χ1) is 14.1. The third-order valence-electron chi connectivity index (χ3n) is 5.07. The summed E-state index contributed by atoms with van der Waals surface area (Å²) in [5.74, 6) is -0.491. The van der Waals surface area contributed by atoms with Crippen LogP contribution in [0.5, 0.6) is 0 Å². The first-order valence-corrected chi connectivity index (χ1v) is 9.56. The van der Waals surface area contributed by atoms with Crippen molar-refractivity contribution in [2.24, 2.45) is 0 Å². The number of carbonyl (C=O) groups is 2. The second-order valence-electron chi connectivity index (χ2n) is 7.31. The predicted molar refractivity (Wildman–Crippen MR) is 106 cm³/mol. The minimum absolute atomic E-state index is 0.115. The maximum absolute atomic E-state index is 12.6. The number of rotatable bonds is 4. The van der Waals surface area contributed by atoms with Gasteiger partial charge in [-0.3, -0.25) is 19.5 Å². The fourth-order valence-corrected chi connectivity index (χ4v) is 3.37. The molecule has 0 bridgehead atoms. The van der Waals surface area contributed by atoms with Gasteiger partial charge in [0, 0.05) is 38.1 Å². The summed E-state index contributed by atoms with van der Waals surface area (Å²) in [5.41, 5.74) is 1.88. The quantitative estimate of drug-likeness (QED) is 0.826. The van der Waals surface area contributed by atoms with Gasteiger partial charge in [-0.05, 0) is 37.1 Å². The maximum atomic E-state index is 12.6. The highest BCUT2D eigenvalue weighted by atomic mass is 19.4. The number of anilines is 1. The second kappa shape index (κ2) is 8.83. The summed E-state index contributed by atoms with van der Waals surface area (Å²) in [6.07, 6.45) is -3.58. The van der Waals surface area contributed by atoms with Crippen LogP contribution in [0.3, 0.4) is 0 Å². The smallest absolute Gasteiger partial charge is 0.336 e. The molecule has 1 aliphatic rings. The Balaban J connectivity index is 1.52. The Kier molecular flexibility index (Phi) is 6.40. The first-order valence-electron chi connectivity index (χ1n) is 9.56. The molecule has 1 saturated heterocycles. The van der Waals surface area contributed by atoms with Crippen LogP contribution in [0.2, 0.25) is 0 Å². The molecule has 3 rings (SSSR count). The van der Waals surface area contributed by atoms with Crippen LogP contribution in [-0.2, 0) is 11.0 Å². The maximum Gasteiger partial charge on any atom is 0.433 e. The van der Waals surface area contributed by atoms with Gasteiger partial charge in [0.15, 0.2) is 0 Å². The van der Waals surface area contributed by atoms with E-state index in [1.807, 2.05) is 36.9 Å². The summed E-state index contributed by atoms with van der Waals surface area (Å²) < 4.78 is 37.8. The SMILES string of the molecule is Cc1cccc(C)c1NC(=O)CN1CCN(C(=O)c2ccc(C(F)(F)F)nc2)CC1. The van der Waals surface area contributed by atoms with Gasteiger partial charge in [0.1, 0.15) is 5.69 Å². The summed E-state index contributed by atoms with van der Waals surface area (Å²) >= 11 is 0. The Morgan fingerprint density at radius 3 is 2.20 bits per heavy atom. The van der Waals surface area contributed by atoms with E-state index in [1.165, 1.54) is 0 Å². The first kappa shape index (κ1) is 21.8. The molecule has 0 spiro atoms. The Morgan fingerprint density at radius 1 is 1.03 bits per heavy atom. The Bertz CT molecular complexity index is 901. The lowest BCUT2D eigenvalue weighted by molar-refractivity contribution is -0.141. The lowest BCUT2D eigenvalue weighted by atomic mass is 10.1. The normalized spacial score (nSPS) is 15.2. The molecule has 160 valence electrons. The number of hydrogen-bond donors (Lipinski definition) is 1. The number of benzene rings is 1. The summed E-state index contributed by atoms with van der Waals surface area (Å²) in [7, 11) is 0. The van der Waals surface area contributed by atoms with Crippen molar-refractivity contribution in [1.82, 2.24) is 14.8 Å². The molecule has 0 saturated carbocycles. The van der Waals surface area contributed by atoms with Gasteiger partial charge in [0.25, 0.3) is 5.91 Å². The van der Waals surface area contributed by atoms with E-state index in [0.717, 1.165) is 35.1 Å². The van der Waals surface area contributed by atoms with E-state index in [2.05, 4.69) is 10.3 Å². The molecule has 0 radical (unpaired) electrons. The molecule has 0 atom stereocenters. The van der Waals surface area contributed by atoms with Crippen molar-refractivity contribution in [3.8, 4) is 0 Å². The fourth-order valence-electron chi connectivity index (χ4n) is 3.37. The number of halogens is 3. The zero-order chi connectivity index (χ0) is 21.9. The average molecular weight is 420 g/mol.